The topological polar surface area (TPSA) is 106 Å². The van der Waals surface area contributed by atoms with Crippen LogP contribution in [0.3, 0.4) is 0 Å². The van der Waals surface area contributed by atoms with Crippen LogP contribution in [-0.4, -0.2) is 53.8 Å². The number of carbonyl (C=O) groups excluding carboxylic acids is 2. The summed E-state index contributed by atoms with van der Waals surface area (Å²) in [4.78, 5) is 32.2. The van der Waals surface area contributed by atoms with Gasteiger partial charge >= 0.3 is 5.97 Å². The third kappa shape index (κ3) is 8.92. The summed E-state index contributed by atoms with van der Waals surface area (Å²) in [6.45, 7) is 6.26. The van der Waals surface area contributed by atoms with Crippen LogP contribution in [0.1, 0.15) is 62.8 Å². The molecule has 1 amide bonds. The van der Waals surface area contributed by atoms with Crippen molar-refractivity contribution in [2.75, 3.05) is 19.8 Å². The minimum atomic E-state index is -1.45. The van der Waals surface area contributed by atoms with E-state index < -0.39 is 23.2 Å². The second kappa shape index (κ2) is 15.2. The highest BCUT2D eigenvalue weighted by Gasteiger charge is 2.53. The van der Waals surface area contributed by atoms with Gasteiger partial charge in [0.05, 0.1) is 6.61 Å². The summed E-state index contributed by atoms with van der Waals surface area (Å²) in [5.74, 6) is 0.182. The molecule has 0 aromatic heterocycles. The van der Waals surface area contributed by atoms with Gasteiger partial charge in [-0.1, -0.05) is 62.2 Å². The molecule has 0 aliphatic carbocycles. The Bertz CT molecular complexity index is 1450. The second-order valence-corrected chi connectivity index (χ2v) is 13.3. The molecule has 234 valence electrons. The van der Waals surface area contributed by atoms with Crippen LogP contribution in [-0.2, 0) is 25.5 Å². The van der Waals surface area contributed by atoms with Crippen LogP contribution in [0.5, 0.6) is 5.75 Å². The first-order valence-electron chi connectivity index (χ1n) is 14.6. The minimum Gasteiger partial charge on any atom is -0.494 e. The van der Waals surface area contributed by atoms with Gasteiger partial charge in [-0.25, -0.2) is 4.99 Å². The number of nitrogens with zero attached hydrogens (tertiary/aromatic N) is 1. The van der Waals surface area contributed by atoms with Crippen LogP contribution in [0, 0.1) is 0 Å². The molecule has 0 unspecified atom stereocenters. The number of carbonyl (C=O) groups is 2. The van der Waals surface area contributed by atoms with Crippen LogP contribution >= 0.6 is 31.9 Å². The molecule has 0 saturated carbocycles. The van der Waals surface area contributed by atoms with Crippen LogP contribution in [0.2, 0.25) is 0 Å². The van der Waals surface area contributed by atoms with E-state index in [4.69, 9.17) is 24.3 Å². The van der Waals surface area contributed by atoms with Gasteiger partial charge in [0.1, 0.15) is 11.4 Å². The molecule has 8 nitrogen and oxygen atoms in total. The highest BCUT2D eigenvalue weighted by atomic mass is 79.9. The Morgan fingerprint density at radius 1 is 1.02 bits per heavy atom. The second-order valence-electron chi connectivity index (χ2n) is 11.5. The molecule has 0 saturated heterocycles. The summed E-state index contributed by atoms with van der Waals surface area (Å²) in [5, 5.41) is 12.1. The van der Waals surface area contributed by atoms with Crippen molar-refractivity contribution in [2.24, 2.45) is 4.99 Å². The average Bonchev–Trinajstić information content (AvgIpc) is 3.37. The number of aliphatic imine (C=N–C) groups is 1. The monoisotopic (exact) mass is 728 g/mol. The fraction of sp³-hybridized carbons (Fsp3) is 0.382. The largest absolute Gasteiger partial charge is 0.494 e. The summed E-state index contributed by atoms with van der Waals surface area (Å²) in [7, 11) is 0. The number of hydrogen-bond donors (Lipinski definition) is 2. The van der Waals surface area contributed by atoms with Gasteiger partial charge in [-0.2, -0.15) is 0 Å². The number of benzene rings is 3. The van der Waals surface area contributed by atoms with Crippen molar-refractivity contribution >= 4 is 49.6 Å². The quantitative estimate of drug-likeness (QED) is 0.150. The highest BCUT2D eigenvalue weighted by Crippen LogP contribution is 2.45. The van der Waals surface area contributed by atoms with Gasteiger partial charge in [-0.05, 0) is 81.6 Å². The zero-order valence-electron chi connectivity index (χ0n) is 25.1. The zero-order chi connectivity index (χ0) is 31.7. The Morgan fingerprint density at radius 2 is 1.73 bits per heavy atom. The number of amides is 1. The smallest absolute Gasteiger partial charge is 0.306 e. The molecule has 0 fully saturated rings. The molecule has 0 bridgehead atoms. The van der Waals surface area contributed by atoms with Crippen molar-refractivity contribution < 1.29 is 28.9 Å². The third-order valence-electron chi connectivity index (χ3n) is 6.96. The molecule has 2 atom stereocenters. The molecule has 1 aliphatic heterocycles. The number of aliphatic hydroxyl groups is 1. The molecule has 1 aliphatic rings. The van der Waals surface area contributed by atoms with Crippen molar-refractivity contribution in [3.63, 3.8) is 0 Å². The molecule has 0 radical (unpaired) electrons. The number of nitrogens with one attached hydrogen (secondary N) is 1. The van der Waals surface area contributed by atoms with Crippen molar-refractivity contribution in [1.82, 2.24) is 5.32 Å². The molecule has 2 N–H and O–H groups in total. The fourth-order valence-corrected chi connectivity index (χ4v) is 5.60. The third-order valence-corrected chi connectivity index (χ3v) is 8.21. The maximum absolute atomic E-state index is 14.3. The van der Waals surface area contributed by atoms with Crippen LogP contribution in [0.15, 0.2) is 86.7 Å². The predicted molar refractivity (Wildman–Crippen MR) is 177 cm³/mol. The van der Waals surface area contributed by atoms with Crippen molar-refractivity contribution in [3.8, 4) is 5.75 Å². The van der Waals surface area contributed by atoms with Crippen LogP contribution in [0.4, 0.5) is 0 Å². The van der Waals surface area contributed by atoms with Gasteiger partial charge in [0.2, 0.25) is 5.90 Å². The van der Waals surface area contributed by atoms with E-state index in [-0.39, 0.29) is 25.4 Å². The lowest BCUT2D eigenvalue weighted by Gasteiger charge is -2.31. The van der Waals surface area contributed by atoms with Gasteiger partial charge in [0.15, 0.2) is 11.6 Å². The Balaban J connectivity index is 1.68. The first kappa shape index (κ1) is 33.7. The molecule has 4 rings (SSSR count). The van der Waals surface area contributed by atoms with Crippen LogP contribution < -0.4 is 10.1 Å². The van der Waals surface area contributed by atoms with Gasteiger partial charge in [0.25, 0.3) is 5.91 Å². The van der Waals surface area contributed by atoms with Gasteiger partial charge in [-0.3, -0.25) is 9.59 Å². The number of halogens is 2. The molecule has 44 heavy (non-hydrogen) atoms. The molecule has 3 aromatic rings. The maximum Gasteiger partial charge on any atom is 0.306 e. The van der Waals surface area contributed by atoms with E-state index in [1.165, 1.54) is 0 Å². The van der Waals surface area contributed by atoms with Gasteiger partial charge in [-0.15, -0.1) is 0 Å². The molecule has 0 spiro atoms. The average molecular weight is 730 g/mol. The standard InChI is InChI=1S/C34H38Br2N2O6/c1-33(2,3)44-29(40)17-19-34(32(41)37-20-18-23-9-13-25(35)14-10-23)30(27-7-4-5-8-28(27)36)43-31(38-34)24-11-15-26(16-12-24)42-22-6-21-39/h4-5,7-16,30,39H,6,17-22H2,1-3H3,(H,37,41)/t30-,34-/m1/s1. The summed E-state index contributed by atoms with van der Waals surface area (Å²) < 4.78 is 19.5. The Hall–Kier alpha value is -3.21. The molecular formula is C34H38Br2N2O6. The first-order chi connectivity index (χ1) is 21.0. The summed E-state index contributed by atoms with van der Waals surface area (Å²) >= 11 is 7.10. The lowest BCUT2D eigenvalue weighted by molar-refractivity contribution is -0.155. The highest BCUT2D eigenvalue weighted by molar-refractivity contribution is 9.10. The number of ether oxygens (including phenoxy) is 3. The van der Waals surface area contributed by atoms with E-state index in [1.807, 2.05) is 81.4 Å². The minimum absolute atomic E-state index is 0.0316. The van der Waals surface area contributed by atoms with Crippen LogP contribution in [0.25, 0.3) is 0 Å². The molecule has 10 heteroatoms. The van der Waals surface area contributed by atoms with E-state index in [9.17, 15) is 9.59 Å². The maximum atomic E-state index is 14.3. The number of aliphatic hydroxyl groups excluding tert-OH is 1. The summed E-state index contributed by atoms with van der Waals surface area (Å²) in [6, 6.07) is 22.7. The number of rotatable bonds is 13. The normalized spacial score (nSPS) is 17.9. The lowest BCUT2D eigenvalue weighted by atomic mass is 9.83. The first-order valence-corrected chi connectivity index (χ1v) is 16.2. The van der Waals surface area contributed by atoms with Crippen molar-refractivity contribution in [2.45, 2.75) is 63.7 Å². The Labute approximate surface area is 275 Å². The zero-order valence-corrected chi connectivity index (χ0v) is 28.3. The summed E-state index contributed by atoms with van der Waals surface area (Å²) in [6.07, 6.45) is 0.377. The Morgan fingerprint density at radius 3 is 2.39 bits per heavy atom. The lowest BCUT2D eigenvalue weighted by Crippen LogP contribution is -2.49. The van der Waals surface area contributed by atoms with E-state index in [0.717, 1.165) is 20.1 Å². The van der Waals surface area contributed by atoms with E-state index in [1.54, 1.807) is 12.1 Å². The van der Waals surface area contributed by atoms with Crippen molar-refractivity contribution in [3.05, 3.63) is 98.4 Å². The van der Waals surface area contributed by atoms with E-state index >= 15 is 0 Å². The number of esters is 1. The molecule has 1 heterocycles. The fourth-order valence-electron chi connectivity index (χ4n) is 4.84. The predicted octanol–water partition coefficient (Wildman–Crippen LogP) is 6.71. The number of hydrogen-bond acceptors (Lipinski definition) is 7. The van der Waals surface area contributed by atoms with E-state index in [0.29, 0.717) is 43.2 Å². The summed E-state index contributed by atoms with van der Waals surface area (Å²) in [5.41, 5.74) is 0.361. The van der Waals surface area contributed by atoms with Crippen molar-refractivity contribution in [1.29, 1.82) is 0 Å². The molecule has 3 aromatic carbocycles. The molecular weight excluding hydrogens is 692 g/mol. The SMILES string of the molecule is CC(C)(C)OC(=O)CC[C@@]1(C(=O)NCCc2ccc(Br)cc2)N=C(c2ccc(OCCCO)cc2)O[C@@H]1c1ccccc1Br. The Kier molecular flexibility index (Phi) is 11.6. The van der Waals surface area contributed by atoms with Gasteiger partial charge < -0.3 is 24.6 Å². The van der Waals surface area contributed by atoms with E-state index in [2.05, 4.69) is 37.2 Å². The van der Waals surface area contributed by atoms with Gasteiger partial charge in [0, 0.05) is 46.1 Å².